The Morgan fingerprint density at radius 1 is 1.32 bits per heavy atom. The third-order valence-corrected chi connectivity index (χ3v) is 4.72. The van der Waals surface area contributed by atoms with Crippen LogP contribution in [0.4, 0.5) is 4.79 Å². The molecule has 0 spiro atoms. The third-order valence-electron chi connectivity index (χ3n) is 3.26. The van der Waals surface area contributed by atoms with Crippen molar-refractivity contribution in [3.05, 3.63) is 23.8 Å². The van der Waals surface area contributed by atoms with Crippen molar-refractivity contribution >= 4 is 22.0 Å². The Morgan fingerprint density at radius 3 is 2.59 bits per heavy atom. The Morgan fingerprint density at radius 2 is 2.05 bits per heavy atom. The van der Waals surface area contributed by atoms with Crippen molar-refractivity contribution in [1.82, 2.24) is 15.4 Å². The van der Waals surface area contributed by atoms with Crippen LogP contribution in [-0.4, -0.2) is 40.1 Å². The smallest absolute Gasteiger partial charge is 0.322 e. The van der Waals surface area contributed by atoms with Crippen LogP contribution in [0.15, 0.2) is 23.1 Å². The summed E-state index contributed by atoms with van der Waals surface area (Å²) in [6, 6.07) is 3.24. The van der Waals surface area contributed by atoms with Crippen LogP contribution in [0.1, 0.15) is 12.0 Å². The average Bonchev–Trinajstić information content (AvgIpc) is 2.76. The van der Waals surface area contributed by atoms with E-state index in [1.807, 2.05) is 0 Å². The van der Waals surface area contributed by atoms with Gasteiger partial charge < -0.3 is 10.1 Å². The second-order valence-electron chi connectivity index (χ2n) is 4.83. The zero-order valence-corrected chi connectivity index (χ0v) is 13.0. The van der Waals surface area contributed by atoms with E-state index in [1.165, 1.54) is 19.2 Å². The normalized spacial score (nSPS) is 18.0. The maximum absolute atomic E-state index is 12.2. The topological polar surface area (TPSA) is 114 Å². The van der Waals surface area contributed by atoms with Gasteiger partial charge in [-0.25, -0.2) is 17.9 Å². The van der Waals surface area contributed by atoms with Crippen LogP contribution in [0.3, 0.4) is 0 Å². The van der Waals surface area contributed by atoms with Gasteiger partial charge in [0.2, 0.25) is 10.0 Å². The molecule has 1 aromatic carbocycles. The molecule has 0 aromatic heterocycles. The molecule has 0 saturated carbocycles. The average molecular weight is 327 g/mol. The molecule has 1 aromatic rings. The van der Waals surface area contributed by atoms with Gasteiger partial charge in [-0.05, 0) is 37.1 Å². The highest BCUT2D eigenvalue weighted by Crippen LogP contribution is 2.21. The molecule has 0 bridgehead atoms. The number of carbonyl (C=O) groups is 2. The molecule has 3 amide bonds. The fourth-order valence-electron chi connectivity index (χ4n) is 2.10. The van der Waals surface area contributed by atoms with Gasteiger partial charge in [0.1, 0.15) is 11.8 Å². The number of sulfonamides is 1. The number of methoxy groups -OCH3 is 1. The summed E-state index contributed by atoms with van der Waals surface area (Å²) in [6.07, 6.45) is 0.173. The van der Waals surface area contributed by atoms with Crippen molar-refractivity contribution in [1.29, 1.82) is 0 Å². The fourth-order valence-corrected chi connectivity index (χ4v) is 3.23. The monoisotopic (exact) mass is 327 g/mol. The van der Waals surface area contributed by atoms with Crippen molar-refractivity contribution in [2.24, 2.45) is 0 Å². The lowest BCUT2D eigenvalue weighted by Crippen LogP contribution is -2.34. The first-order valence-electron chi connectivity index (χ1n) is 6.59. The molecule has 8 nitrogen and oxygen atoms in total. The summed E-state index contributed by atoms with van der Waals surface area (Å²) in [7, 11) is -2.17. The SMILES string of the molecule is COc1ccc(S(=O)(=O)NCCC2NC(=O)NC2=O)cc1C. The van der Waals surface area contributed by atoms with Gasteiger partial charge in [-0.1, -0.05) is 0 Å². The first kappa shape index (κ1) is 16.2. The van der Waals surface area contributed by atoms with Crippen LogP contribution in [0.5, 0.6) is 5.75 Å². The summed E-state index contributed by atoms with van der Waals surface area (Å²) in [5.74, 6) is 0.147. The molecule has 3 N–H and O–H groups in total. The van der Waals surface area contributed by atoms with Crippen LogP contribution in [0.2, 0.25) is 0 Å². The highest BCUT2D eigenvalue weighted by molar-refractivity contribution is 7.89. The predicted molar refractivity (Wildman–Crippen MR) is 78.0 cm³/mol. The Kier molecular flexibility index (Phi) is 4.67. The lowest BCUT2D eigenvalue weighted by atomic mass is 10.2. The number of urea groups is 1. The maximum atomic E-state index is 12.2. The molecule has 0 radical (unpaired) electrons. The van der Waals surface area contributed by atoms with Crippen LogP contribution in [0.25, 0.3) is 0 Å². The molecule has 1 unspecified atom stereocenters. The highest BCUT2D eigenvalue weighted by atomic mass is 32.2. The van der Waals surface area contributed by atoms with Crippen LogP contribution in [0, 0.1) is 6.92 Å². The number of imide groups is 1. The van der Waals surface area contributed by atoms with E-state index in [1.54, 1.807) is 13.0 Å². The first-order valence-corrected chi connectivity index (χ1v) is 8.07. The first-order chi connectivity index (χ1) is 10.3. The van der Waals surface area contributed by atoms with Crippen molar-refractivity contribution in [3.63, 3.8) is 0 Å². The number of rotatable bonds is 6. The third kappa shape index (κ3) is 3.55. The minimum atomic E-state index is -3.68. The van der Waals surface area contributed by atoms with Crippen LogP contribution >= 0.6 is 0 Å². The molecule has 1 saturated heterocycles. The lowest BCUT2D eigenvalue weighted by Gasteiger charge is -2.11. The van der Waals surface area contributed by atoms with E-state index in [-0.39, 0.29) is 17.9 Å². The molecule has 1 atom stereocenters. The number of benzene rings is 1. The second kappa shape index (κ2) is 6.32. The standard InChI is InChI=1S/C13H17N3O5S/c1-8-7-9(3-4-11(8)21-2)22(19,20)14-6-5-10-12(17)16-13(18)15-10/h3-4,7,10,14H,5-6H2,1-2H3,(H2,15,16,17,18). The van der Waals surface area contributed by atoms with Gasteiger partial charge in [0.25, 0.3) is 5.91 Å². The number of hydrogen-bond donors (Lipinski definition) is 3. The summed E-state index contributed by atoms with van der Waals surface area (Å²) in [4.78, 5) is 22.4. The molecule has 22 heavy (non-hydrogen) atoms. The Hall–Kier alpha value is -2.13. The van der Waals surface area contributed by atoms with Gasteiger partial charge in [0.15, 0.2) is 0 Å². The van der Waals surface area contributed by atoms with E-state index in [0.29, 0.717) is 11.3 Å². The summed E-state index contributed by atoms with van der Waals surface area (Å²) in [5.41, 5.74) is 0.702. The van der Waals surface area contributed by atoms with E-state index in [4.69, 9.17) is 4.74 Å². The summed E-state index contributed by atoms with van der Waals surface area (Å²) >= 11 is 0. The molecule has 9 heteroatoms. The lowest BCUT2D eigenvalue weighted by molar-refractivity contribution is -0.120. The van der Waals surface area contributed by atoms with E-state index in [0.717, 1.165) is 0 Å². The van der Waals surface area contributed by atoms with Gasteiger partial charge in [0.05, 0.1) is 12.0 Å². The number of amides is 3. The van der Waals surface area contributed by atoms with Crippen LogP contribution in [-0.2, 0) is 14.8 Å². The molecule has 2 rings (SSSR count). The molecule has 1 aliphatic heterocycles. The minimum absolute atomic E-state index is 0.0335. The van der Waals surface area contributed by atoms with Gasteiger partial charge in [-0.2, -0.15) is 0 Å². The number of aryl methyl sites for hydroxylation is 1. The molecular weight excluding hydrogens is 310 g/mol. The van der Waals surface area contributed by atoms with E-state index < -0.39 is 28.0 Å². The zero-order chi connectivity index (χ0) is 16.3. The largest absolute Gasteiger partial charge is 0.496 e. The number of ether oxygens (including phenoxy) is 1. The minimum Gasteiger partial charge on any atom is -0.496 e. The Labute approximate surface area is 128 Å². The summed E-state index contributed by atoms with van der Waals surface area (Å²) < 4.78 is 31.8. The number of carbonyl (C=O) groups excluding carboxylic acids is 2. The zero-order valence-electron chi connectivity index (χ0n) is 12.2. The van der Waals surface area contributed by atoms with Crippen molar-refractivity contribution < 1.29 is 22.7 Å². The Balaban J connectivity index is 1.98. The summed E-state index contributed by atoms with van der Waals surface area (Å²) in [6.45, 7) is 1.78. The van der Waals surface area contributed by atoms with Crippen molar-refractivity contribution in [3.8, 4) is 5.75 Å². The molecule has 1 heterocycles. The van der Waals surface area contributed by atoms with Crippen LogP contribution < -0.4 is 20.1 Å². The van der Waals surface area contributed by atoms with Gasteiger partial charge in [0, 0.05) is 6.54 Å². The van der Waals surface area contributed by atoms with E-state index >= 15 is 0 Å². The molecule has 1 aliphatic rings. The molecule has 120 valence electrons. The number of hydrogen-bond acceptors (Lipinski definition) is 5. The molecule has 1 fully saturated rings. The van der Waals surface area contributed by atoms with Gasteiger partial charge in [-0.3, -0.25) is 10.1 Å². The van der Waals surface area contributed by atoms with Crippen molar-refractivity contribution in [2.45, 2.75) is 24.3 Å². The number of nitrogens with one attached hydrogen (secondary N) is 3. The van der Waals surface area contributed by atoms with E-state index in [2.05, 4.69) is 15.4 Å². The van der Waals surface area contributed by atoms with E-state index in [9.17, 15) is 18.0 Å². The summed E-state index contributed by atoms with van der Waals surface area (Å²) in [5, 5.41) is 4.49. The quantitative estimate of drug-likeness (QED) is 0.630. The van der Waals surface area contributed by atoms with Gasteiger partial charge in [-0.15, -0.1) is 0 Å². The Bertz CT molecular complexity index is 702. The predicted octanol–water partition coefficient (Wildman–Crippen LogP) is -0.120. The molecule has 0 aliphatic carbocycles. The second-order valence-corrected chi connectivity index (χ2v) is 6.60. The molecular formula is C13H17N3O5S. The maximum Gasteiger partial charge on any atom is 0.322 e. The highest BCUT2D eigenvalue weighted by Gasteiger charge is 2.29. The van der Waals surface area contributed by atoms with Crippen molar-refractivity contribution in [2.75, 3.05) is 13.7 Å². The fraction of sp³-hybridized carbons (Fsp3) is 0.385. The van der Waals surface area contributed by atoms with Gasteiger partial charge >= 0.3 is 6.03 Å².